The van der Waals surface area contributed by atoms with E-state index in [1.54, 1.807) is 16.4 Å². The van der Waals surface area contributed by atoms with Gasteiger partial charge in [-0.15, -0.1) is 11.3 Å². The van der Waals surface area contributed by atoms with Crippen LogP contribution in [0.2, 0.25) is 0 Å². The number of rotatable bonds is 2. The van der Waals surface area contributed by atoms with Crippen LogP contribution in [-0.2, 0) is 10.0 Å². The van der Waals surface area contributed by atoms with Crippen molar-refractivity contribution < 1.29 is 8.42 Å². The van der Waals surface area contributed by atoms with Crippen molar-refractivity contribution in [3.05, 3.63) is 15.9 Å². The normalized spacial score (nSPS) is 23.5. The van der Waals surface area contributed by atoms with Gasteiger partial charge in [0.05, 0.1) is 3.79 Å². The Kier molecular flexibility index (Phi) is 3.70. The SMILES string of the molecule is C[C@@H]1CNCCN1S(=O)(=O)c1ccc(Br)s1. The molecule has 1 atom stereocenters. The number of sulfonamides is 1. The van der Waals surface area contributed by atoms with E-state index < -0.39 is 10.0 Å². The van der Waals surface area contributed by atoms with Gasteiger partial charge in [0, 0.05) is 25.7 Å². The molecule has 0 radical (unpaired) electrons. The largest absolute Gasteiger partial charge is 0.314 e. The first-order valence-electron chi connectivity index (χ1n) is 5.00. The minimum Gasteiger partial charge on any atom is -0.314 e. The number of piperazine rings is 1. The fourth-order valence-corrected chi connectivity index (χ4v) is 5.50. The van der Waals surface area contributed by atoms with Crippen LogP contribution in [-0.4, -0.2) is 38.4 Å². The number of nitrogens with zero attached hydrogens (tertiary/aromatic N) is 1. The summed E-state index contributed by atoms with van der Waals surface area (Å²) < 4.78 is 27.4. The van der Waals surface area contributed by atoms with Gasteiger partial charge >= 0.3 is 0 Å². The molecule has 1 aliphatic heterocycles. The molecule has 2 rings (SSSR count). The second kappa shape index (κ2) is 4.73. The second-order valence-corrected chi connectivity index (χ2v) is 8.31. The Hall–Kier alpha value is 0.0500. The lowest BCUT2D eigenvalue weighted by atomic mass is 10.3. The molecular weight excluding hydrogens is 312 g/mol. The summed E-state index contributed by atoms with van der Waals surface area (Å²) in [5.41, 5.74) is 0. The Morgan fingerprint density at radius 1 is 1.56 bits per heavy atom. The van der Waals surface area contributed by atoms with Crippen LogP contribution < -0.4 is 5.32 Å². The topological polar surface area (TPSA) is 49.4 Å². The third kappa shape index (κ3) is 2.33. The van der Waals surface area contributed by atoms with E-state index in [4.69, 9.17) is 0 Å². The van der Waals surface area contributed by atoms with E-state index in [9.17, 15) is 8.42 Å². The summed E-state index contributed by atoms with van der Waals surface area (Å²) in [5.74, 6) is 0. The van der Waals surface area contributed by atoms with E-state index in [1.807, 2.05) is 6.92 Å². The summed E-state index contributed by atoms with van der Waals surface area (Å²) in [6.07, 6.45) is 0. The third-order valence-electron chi connectivity index (χ3n) is 2.55. The molecule has 7 heteroatoms. The number of hydrogen-bond donors (Lipinski definition) is 1. The molecule has 0 saturated carbocycles. The first-order chi connectivity index (χ1) is 7.51. The fraction of sp³-hybridized carbons (Fsp3) is 0.556. The molecule has 0 aliphatic carbocycles. The Labute approximate surface area is 108 Å². The van der Waals surface area contributed by atoms with Gasteiger partial charge in [0.15, 0.2) is 0 Å². The summed E-state index contributed by atoms with van der Waals surface area (Å²) in [5, 5.41) is 3.18. The van der Waals surface area contributed by atoms with Crippen molar-refractivity contribution in [3.8, 4) is 0 Å². The van der Waals surface area contributed by atoms with Crippen LogP contribution in [0.5, 0.6) is 0 Å². The monoisotopic (exact) mass is 324 g/mol. The van der Waals surface area contributed by atoms with Gasteiger partial charge in [-0.1, -0.05) is 0 Å². The van der Waals surface area contributed by atoms with Gasteiger partial charge < -0.3 is 5.32 Å². The predicted molar refractivity (Wildman–Crippen MR) is 68.2 cm³/mol. The summed E-state index contributed by atoms with van der Waals surface area (Å²) in [7, 11) is -3.31. The summed E-state index contributed by atoms with van der Waals surface area (Å²) in [6, 6.07) is 3.43. The Bertz CT molecular complexity index is 472. The molecular formula is C9H13BrN2O2S2. The first kappa shape index (κ1) is 12.5. The molecule has 0 unspecified atom stereocenters. The quantitative estimate of drug-likeness (QED) is 0.896. The van der Waals surface area contributed by atoms with Crippen molar-refractivity contribution in [3.63, 3.8) is 0 Å². The Balaban J connectivity index is 2.31. The van der Waals surface area contributed by atoms with Gasteiger partial charge in [0.25, 0.3) is 10.0 Å². The molecule has 0 bridgehead atoms. The maximum absolute atomic E-state index is 12.3. The highest BCUT2D eigenvalue weighted by molar-refractivity contribution is 9.11. The van der Waals surface area contributed by atoms with E-state index in [1.165, 1.54) is 11.3 Å². The average molecular weight is 325 g/mol. The first-order valence-corrected chi connectivity index (χ1v) is 8.04. The molecule has 16 heavy (non-hydrogen) atoms. The van der Waals surface area contributed by atoms with Gasteiger partial charge in [-0.2, -0.15) is 4.31 Å². The van der Waals surface area contributed by atoms with Crippen molar-refractivity contribution in [2.75, 3.05) is 19.6 Å². The Morgan fingerprint density at radius 3 is 2.88 bits per heavy atom. The molecule has 0 amide bonds. The Morgan fingerprint density at radius 2 is 2.31 bits per heavy atom. The second-order valence-electron chi connectivity index (χ2n) is 3.73. The van der Waals surface area contributed by atoms with Crippen LogP contribution in [0.15, 0.2) is 20.1 Å². The summed E-state index contributed by atoms with van der Waals surface area (Å²) in [4.78, 5) is 0. The minimum absolute atomic E-state index is 0.0135. The zero-order valence-electron chi connectivity index (χ0n) is 8.81. The molecule has 4 nitrogen and oxygen atoms in total. The van der Waals surface area contributed by atoms with Crippen LogP contribution in [0.3, 0.4) is 0 Å². The standard InChI is InChI=1S/C9H13BrN2O2S2/c1-7-6-11-4-5-12(7)16(13,14)9-3-2-8(10)15-9/h2-3,7,11H,4-6H2,1H3/t7-/m1/s1. The van der Waals surface area contributed by atoms with Gasteiger partial charge in [-0.25, -0.2) is 8.42 Å². The van der Waals surface area contributed by atoms with Crippen molar-refractivity contribution >= 4 is 37.3 Å². The molecule has 1 fully saturated rings. The van der Waals surface area contributed by atoms with Crippen LogP contribution in [0.25, 0.3) is 0 Å². The fourth-order valence-electron chi connectivity index (χ4n) is 1.73. The maximum Gasteiger partial charge on any atom is 0.252 e. The van der Waals surface area contributed by atoms with Crippen LogP contribution in [0, 0.1) is 0 Å². The molecule has 1 aromatic rings. The predicted octanol–water partition coefficient (Wildman–Crippen LogP) is 1.49. The van der Waals surface area contributed by atoms with E-state index in [0.29, 0.717) is 17.3 Å². The van der Waals surface area contributed by atoms with Crippen LogP contribution >= 0.6 is 27.3 Å². The van der Waals surface area contributed by atoms with E-state index in [2.05, 4.69) is 21.2 Å². The van der Waals surface area contributed by atoms with Crippen molar-refractivity contribution in [2.24, 2.45) is 0 Å². The molecule has 1 saturated heterocycles. The lowest BCUT2D eigenvalue weighted by Crippen LogP contribution is -2.51. The summed E-state index contributed by atoms with van der Waals surface area (Å²) >= 11 is 4.54. The van der Waals surface area contributed by atoms with E-state index in [0.717, 1.165) is 10.3 Å². The molecule has 1 aromatic heterocycles. The number of thiophene rings is 1. The highest BCUT2D eigenvalue weighted by Gasteiger charge is 2.31. The molecule has 1 N–H and O–H groups in total. The number of nitrogens with one attached hydrogen (secondary N) is 1. The molecule has 1 aliphatic rings. The zero-order valence-corrected chi connectivity index (χ0v) is 12.0. The van der Waals surface area contributed by atoms with Crippen LogP contribution in [0.4, 0.5) is 0 Å². The molecule has 90 valence electrons. The molecule has 2 heterocycles. The van der Waals surface area contributed by atoms with Gasteiger partial charge in [-0.05, 0) is 35.0 Å². The maximum atomic E-state index is 12.3. The lowest BCUT2D eigenvalue weighted by molar-refractivity contribution is 0.284. The summed E-state index contributed by atoms with van der Waals surface area (Å²) in [6.45, 7) is 3.90. The minimum atomic E-state index is -3.31. The van der Waals surface area contributed by atoms with Crippen molar-refractivity contribution in [1.29, 1.82) is 0 Å². The van der Waals surface area contributed by atoms with E-state index >= 15 is 0 Å². The highest BCUT2D eigenvalue weighted by Crippen LogP contribution is 2.29. The molecule has 0 spiro atoms. The third-order valence-corrected chi connectivity index (χ3v) is 6.66. The average Bonchev–Trinajstić information content (AvgIpc) is 2.66. The lowest BCUT2D eigenvalue weighted by Gasteiger charge is -2.32. The van der Waals surface area contributed by atoms with Gasteiger partial charge in [0.1, 0.15) is 4.21 Å². The van der Waals surface area contributed by atoms with Crippen LogP contribution in [0.1, 0.15) is 6.92 Å². The van der Waals surface area contributed by atoms with Crippen molar-refractivity contribution in [2.45, 2.75) is 17.2 Å². The molecule has 0 aromatic carbocycles. The number of hydrogen-bond acceptors (Lipinski definition) is 4. The van der Waals surface area contributed by atoms with Crippen molar-refractivity contribution in [1.82, 2.24) is 9.62 Å². The highest BCUT2D eigenvalue weighted by atomic mass is 79.9. The smallest absolute Gasteiger partial charge is 0.252 e. The zero-order chi connectivity index (χ0) is 11.8. The van der Waals surface area contributed by atoms with Gasteiger partial charge in [-0.3, -0.25) is 0 Å². The number of halogens is 1. The van der Waals surface area contributed by atoms with E-state index in [-0.39, 0.29) is 6.04 Å². The van der Waals surface area contributed by atoms with Gasteiger partial charge in [0.2, 0.25) is 0 Å².